The zero-order valence-corrected chi connectivity index (χ0v) is 9.82. The lowest BCUT2D eigenvalue weighted by molar-refractivity contribution is 0.691. The van der Waals surface area contributed by atoms with Gasteiger partial charge in [-0.2, -0.15) is 10.4 Å². The summed E-state index contributed by atoms with van der Waals surface area (Å²) in [4.78, 5) is 0. The van der Waals surface area contributed by atoms with Crippen LogP contribution in [0.15, 0.2) is 5.03 Å². The number of aryl methyl sites for hydroxylation is 2. The number of hydrogen-bond acceptors (Lipinski definition) is 3. The SMILES string of the molecule is Cc1nn(C)c(SCCCCl)c1C#N. The molecule has 76 valence electrons. The third-order valence-corrected chi connectivity index (χ3v) is 3.30. The van der Waals surface area contributed by atoms with E-state index in [1.807, 2.05) is 14.0 Å². The van der Waals surface area contributed by atoms with Crippen LogP contribution in [0.4, 0.5) is 0 Å². The zero-order valence-electron chi connectivity index (χ0n) is 8.25. The Bertz CT molecular complexity index is 354. The molecule has 0 fully saturated rings. The number of nitriles is 1. The largest absolute Gasteiger partial charge is 0.260 e. The van der Waals surface area contributed by atoms with E-state index < -0.39 is 0 Å². The molecule has 1 heterocycles. The Morgan fingerprint density at radius 1 is 1.64 bits per heavy atom. The van der Waals surface area contributed by atoms with E-state index in [1.54, 1.807) is 16.4 Å². The minimum absolute atomic E-state index is 0.658. The normalized spacial score (nSPS) is 10.1. The smallest absolute Gasteiger partial charge is 0.112 e. The second kappa shape index (κ2) is 5.28. The highest BCUT2D eigenvalue weighted by Crippen LogP contribution is 2.24. The standard InChI is InChI=1S/C9H12ClN3S/c1-7-8(6-11)9(13(2)12-7)14-5-3-4-10/h3-5H2,1-2H3. The number of aromatic nitrogens is 2. The molecular weight excluding hydrogens is 218 g/mol. The van der Waals surface area contributed by atoms with Crippen molar-refractivity contribution in [2.45, 2.75) is 18.4 Å². The second-order valence-corrected chi connectivity index (χ2v) is 4.35. The van der Waals surface area contributed by atoms with E-state index in [2.05, 4.69) is 11.2 Å². The van der Waals surface area contributed by atoms with Gasteiger partial charge >= 0.3 is 0 Å². The molecule has 0 aliphatic carbocycles. The molecule has 5 heteroatoms. The second-order valence-electron chi connectivity index (χ2n) is 2.89. The monoisotopic (exact) mass is 229 g/mol. The first-order valence-corrected chi connectivity index (χ1v) is 5.85. The highest BCUT2D eigenvalue weighted by atomic mass is 35.5. The fourth-order valence-electron chi connectivity index (χ4n) is 1.15. The zero-order chi connectivity index (χ0) is 10.6. The van der Waals surface area contributed by atoms with Gasteiger partial charge in [-0.15, -0.1) is 23.4 Å². The number of halogens is 1. The molecule has 0 bridgehead atoms. The van der Waals surface area contributed by atoms with Crippen LogP contribution in [0.1, 0.15) is 17.7 Å². The van der Waals surface area contributed by atoms with Gasteiger partial charge in [0, 0.05) is 18.7 Å². The summed E-state index contributed by atoms with van der Waals surface area (Å²) >= 11 is 7.22. The Morgan fingerprint density at radius 3 is 2.93 bits per heavy atom. The first-order chi connectivity index (χ1) is 6.70. The molecule has 1 aromatic rings. The summed E-state index contributed by atoms with van der Waals surface area (Å²) in [5.41, 5.74) is 1.48. The molecule has 0 aromatic carbocycles. The summed E-state index contributed by atoms with van der Waals surface area (Å²) in [6.07, 6.45) is 0.946. The van der Waals surface area contributed by atoms with Crippen LogP contribution < -0.4 is 0 Å². The van der Waals surface area contributed by atoms with Crippen molar-refractivity contribution in [2.75, 3.05) is 11.6 Å². The predicted molar refractivity (Wildman–Crippen MR) is 58.7 cm³/mol. The lowest BCUT2D eigenvalue weighted by Crippen LogP contribution is -1.94. The number of rotatable bonds is 4. The molecule has 3 nitrogen and oxygen atoms in total. The Morgan fingerprint density at radius 2 is 2.36 bits per heavy atom. The summed E-state index contributed by atoms with van der Waals surface area (Å²) in [5, 5.41) is 14.1. The molecule has 0 atom stereocenters. The molecule has 0 unspecified atom stereocenters. The van der Waals surface area contributed by atoms with Crippen molar-refractivity contribution in [2.24, 2.45) is 7.05 Å². The van der Waals surface area contributed by atoms with Gasteiger partial charge in [0.2, 0.25) is 0 Å². The number of alkyl halides is 1. The fraction of sp³-hybridized carbons (Fsp3) is 0.556. The summed E-state index contributed by atoms with van der Waals surface area (Å²) < 4.78 is 1.76. The first kappa shape index (κ1) is 11.4. The molecule has 0 saturated heterocycles. The summed E-state index contributed by atoms with van der Waals surface area (Å²) in [5.74, 6) is 1.59. The summed E-state index contributed by atoms with van der Waals surface area (Å²) in [6.45, 7) is 1.85. The molecule has 14 heavy (non-hydrogen) atoms. The van der Waals surface area contributed by atoms with Gasteiger partial charge in [0.15, 0.2) is 0 Å². The molecule has 0 aliphatic heterocycles. The number of thioether (sulfide) groups is 1. The van der Waals surface area contributed by atoms with Gasteiger partial charge in [-0.1, -0.05) is 0 Å². The van der Waals surface area contributed by atoms with Crippen molar-refractivity contribution in [3.8, 4) is 6.07 Å². The van der Waals surface area contributed by atoms with Crippen LogP contribution in [0.5, 0.6) is 0 Å². The topological polar surface area (TPSA) is 41.6 Å². The molecule has 0 aliphatic rings. The fourth-order valence-corrected chi connectivity index (χ4v) is 2.49. The van der Waals surface area contributed by atoms with Crippen molar-refractivity contribution < 1.29 is 0 Å². The van der Waals surface area contributed by atoms with Crippen molar-refractivity contribution in [1.29, 1.82) is 5.26 Å². The van der Waals surface area contributed by atoms with Gasteiger partial charge in [-0.3, -0.25) is 4.68 Å². The van der Waals surface area contributed by atoms with Gasteiger partial charge < -0.3 is 0 Å². The number of hydrogen-bond donors (Lipinski definition) is 0. The van der Waals surface area contributed by atoms with E-state index in [4.69, 9.17) is 16.9 Å². The lowest BCUT2D eigenvalue weighted by atomic mass is 10.3. The van der Waals surface area contributed by atoms with Gasteiger partial charge in [0.25, 0.3) is 0 Å². The molecular formula is C9H12ClN3S. The molecule has 0 amide bonds. The minimum atomic E-state index is 0.658. The molecule has 0 N–H and O–H groups in total. The summed E-state index contributed by atoms with van der Waals surface area (Å²) in [7, 11) is 1.86. The van der Waals surface area contributed by atoms with Crippen LogP contribution in [0.3, 0.4) is 0 Å². The maximum absolute atomic E-state index is 8.93. The lowest BCUT2D eigenvalue weighted by Gasteiger charge is -2.00. The van der Waals surface area contributed by atoms with Gasteiger partial charge in [0.1, 0.15) is 16.7 Å². The van der Waals surface area contributed by atoms with E-state index in [0.29, 0.717) is 11.4 Å². The Labute approximate surface area is 93.0 Å². The minimum Gasteiger partial charge on any atom is -0.260 e. The van der Waals surface area contributed by atoms with Crippen molar-refractivity contribution in [3.63, 3.8) is 0 Å². The predicted octanol–water partition coefficient (Wildman–Crippen LogP) is 2.32. The quantitative estimate of drug-likeness (QED) is 0.452. The molecule has 0 saturated carbocycles. The van der Waals surface area contributed by atoms with Crippen LogP contribution >= 0.6 is 23.4 Å². The maximum atomic E-state index is 8.93. The van der Waals surface area contributed by atoms with Crippen molar-refractivity contribution in [1.82, 2.24) is 9.78 Å². The Hall–Kier alpha value is -0.660. The highest BCUT2D eigenvalue weighted by Gasteiger charge is 2.12. The Balaban J connectivity index is 2.80. The average molecular weight is 230 g/mol. The van der Waals surface area contributed by atoms with E-state index in [-0.39, 0.29) is 0 Å². The van der Waals surface area contributed by atoms with Crippen LogP contribution in [0.25, 0.3) is 0 Å². The first-order valence-electron chi connectivity index (χ1n) is 4.33. The van der Waals surface area contributed by atoms with E-state index >= 15 is 0 Å². The highest BCUT2D eigenvalue weighted by molar-refractivity contribution is 7.99. The van der Waals surface area contributed by atoms with Gasteiger partial charge in [0.05, 0.1) is 5.69 Å². The van der Waals surface area contributed by atoms with Gasteiger partial charge in [-0.05, 0) is 13.3 Å². The maximum Gasteiger partial charge on any atom is 0.112 e. The molecule has 1 aromatic heterocycles. The van der Waals surface area contributed by atoms with E-state index in [9.17, 15) is 0 Å². The summed E-state index contributed by atoms with van der Waals surface area (Å²) in [6, 6.07) is 2.17. The van der Waals surface area contributed by atoms with Gasteiger partial charge in [-0.25, -0.2) is 0 Å². The molecule has 0 radical (unpaired) electrons. The Kier molecular flexibility index (Phi) is 4.30. The van der Waals surface area contributed by atoms with Crippen molar-refractivity contribution in [3.05, 3.63) is 11.3 Å². The van der Waals surface area contributed by atoms with E-state index in [0.717, 1.165) is 22.9 Å². The van der Waals surface area contributed by atoms with Crippen LogP contribution in [-0.4, -0.2) is 21.4 Å². The number of nitrogens with zero attached hydrogens (tertiary/aromatic N) is 3. The average Bonchev–Trinajstić information content (AvgIpc) is 2.42. The third kappa shape index (κ3) is 2.43. The van der Waals surface area contributed by atoms with Crippen LogP contribution in [0, 0.1) is 18.3 Å². The van der Waals surface area contributed by atoms with Crippen LogP contribution in [-0.2, 0) is 7.05 Å². The van der Waals surface area contributed by atoms with Crippen molar-refractivity contribution >= 4 is 23.4 Å². The molecule has 1 rings (SSSR count). The molecule has 0 spiro atoms. The van der Waals surface area contributed by atoms with E-state index in [1.165, 1.54) is 0 Å². The van der Waals surface area contributed by atoms with Crippen LogP contribution in [0.2, 0.25) is 0 Å². The third-order valence-electron chi connectivity index (χ3n) is 1.80.